The van der Waals surface area contributed by atoms with E-state index in [0.29, 0.717) is 0 Å². The van der Waals surface area contributed by atoms with Crippen molar-refractivity contribution in [1.29, 1.82) is 0 Å². The standard InChI is InChI=1S/C18H24N2O2S/c1-19(15-6-3-2-4-7-15)17(21)14-9-11-20(12-10-14)18(22)16-8-5-13-23-16/h2-4,6-7,14,16H,5,8-13H2,1H3/t16-/m0/s1. The van der Waals surface area contributed by atoms with E-state index >= 15 is 0 Å². The number of thioether (sulfide) groups is 1. The molecule has 0 unspecified atom stereocenters. The fourth-order valence-corrected chi connectivity index (χ4v) is 4.62. The smallest absolute Gasteiger partial charge is 0.235 e. The summed E-state index contributed by atoms with van der Waals surface area (Å²) in [6.45, 7) is 1.43. The van der Waals surface area contributed by atoms with Crippen molar-refractivity contribution in [3.63, 3.8) is 0 Å². The van der Waals surface area contributed by atoms with Gasteiger partial charge in [-0.1, -0.05) is 18.2 Å². The van der Waals surface area contributed by atoms with Crippen LogP contribution >= 0.6 is 11.8 Å². The maximum atomic E-state index is 12.6. The van der Waals surface area contributed by atoms with Crippen molar-refractivity contribution < 1.29 is 9.59 Å². The lowest BCUT2D eigenvalue weighted by Crippen LogP contribution is -2.45. The zero-order chi connectivity index (χ0) is 16.2. The molecule has 2 fully saturated rings. The molecule has 5 heteroatoms. The molecule has 0 aromatic heterocycles. The van der Waals surface area contributed by atoms with Gasteiger partial charge in [-0.25, -0.2) is 0 Å². The van der Waals surface area contributed by atoms with Gasteiger partial charge in [0.25, 0.3) is 0 Å². The summed E-state index contributed by atoms with van der Waals surface area (Å²) in [5.41, 5.74) is 0.929. The Balaban J connectivity index is 1.54. The van der Waals surface area contributed by atoms with Crippen molar-refractivity contribution in [3.05, 3.63) is 30.3 Å². The summed E-state index contributed by atoms with van der Waals surface area (Å²) in [6, 6.07) is 9.74. The van der Waals surface area contributed by atoms with Gasteiger partial charge in [-0.15, -0.1) is 11.8 Å². The van der Waals surface area contributed by atoms with E-state index < -0.39 is 0 Å². The van der Waals surface area contributed by atoms with Gasteiger partial charge in [0.1, 0.15) is 0 Å². The number of benzene rings is 1. The van der Waals surface area contributed by atoms with E-state index in [9.17, 15) is 9.59 Å². The molecule has 0 aliphatic carbocycles. The molecule has 2 aliphatic rings. The molecule has 1 aromatic rings. The molecular weight excluding hydrogens is 308 g/mol. The number of hydrogen-bond acceptors (Lipinski definition) is 3. The highest BCUT2D eigenvalue weighted by molar-refractivity contribution is 8.00. The number of piperidine rings is 1. The summed E-state index contributed by atoms with van der Waals surface area (Å²) in [4.78, 5) is 28.8. The second kappa shape index (κ2) is 7.39. The van der Waals surface area contributed by atoms with Crippen molar-refractivity contribution in [2.45, 2.75) is 30.9 Å². The fraction of sp³-hybridized carbons (Fsp3) is 0.556. The summed E-state index contributed by atoms with van der Waals surface area (Å²) in [7, 11) is 1.84. The number of nitrogens with zero attached hydrogens (tertiary/aromatic N) is 2. The van der Waals surface area contributed by atoms with Gasteiger partial charge in [0.05, 0.1) is 5.25 Å². The number of likely N-dealkylation sites (tertiary alicyclic amines) is 1. The predicted octanol–water partition coefficient (Wildman–Crippen LogP) is 2.78. The molecular formula is C18H24N2O2S. The van der Waals surface area contributed by atoms with Crippen LogP contribution in [0.4, 0.5) is 5.69 Å². The molecule has 0 radical (unpaired) electrons. The molecule has 2 aliphatic heterocycles. The second-order valence-electron chi connectivity index (χ2n) is 6.33. The lowest BCUT2D eigenvalue weighted by molar-refractivity contribution is -0.134. The molecule has 2 saturated heterocycles. The van der Waals surface area contributed by atoms with Crippen LogP contribution in [0.2, 0.25) is 0 Å². The molecule has 124 valence electrons. The van der Waals surface area contributed by atoms with Gasteiger partial charge in [0, 0.05) is 31.7 Å². The number of rotatable bonds is 3. The quantitative estimate of drug-likeness (QED) is 0.854. The molecule has 1 aromatic carbocycles. The first-order valence-electron chi connectivity index (χ1n) is 8.40. The maximum absolute atomic E-state index is 12.6. The van der Waals surface area contributed by atoms with Gasteiger partial charge < -0.3 is 9.80 Å². The molecule has 4 nitrogen and oxygen atoms in total. The minimum absolute atomic E-state index is 0.0282. The zero-order valence-corrected chi connectivity index (χ0v) is 14.4. The average molecular weight is 332 g/mol. The summed E-state index contributed by atoms with van der Waals surface area (Å²) in [6.07, 6.45) is 3.72. The van der Waals surface area contributed by atoms with Gasteiger partial charge in [-0.2, -0.15) is 0 Å². The summed E-state index contributed by atoms with van der Waals surface area (Å²) in [5.74, 6) is 1.58. The van der Waals surface area contributed by atoms with Gasteiger partial charge >= 0.3 is 0 Å². The van der Waals surface area contributed by atoms with Crippen molar-refractivity contribution in [3.8, 4) is 0 Å². The minimum Gasteiger partial charge on any atom is -0.342 e. The molecule has 1 atom stereocenters. The van der Waals surface area contributed by atoms with Crippen LogP contribution < -0.4 is 4.90 Å². The summed E-state index contributed by atoms with van der Waals surface area (Å²) < 4.78 is 0. The van der Waals surface area contributed by atoms with E-state index in [-0.39, 0.29) is 23.0 Å². The first kappa shape index (κ1) is 16.4. The van der Waals surface area contributed by atoms with E-state index in [2.05, 4.69) is 0 Å². The fourth-order valence-electron chi connectivity index (χ4n) is 3.38. The Morgan fingerprint density at radius 3 is 2.43 bits per heavy atom. The number of para-hydroxylation sites is 1. The first-order valence-corrected chi connectivity index (χ1v) is 9.44. The zero-order valence-electron chi connectivity index (χ0n) is 13.6. The van der Waals surface area contributed by atoms with Gasteiger partial charge in [-0.05, 0) is 43.6 Å². The van der Waals surface area contributed by atoms with E-state index in [1.807, 2.05) is 42.3 Å². The van der Waals surface area contributed by atoms with Crippen LogP contribution in [-0.4, -0.2) is 47.9 Å². The topological polar surface area (TPSA) is 40.6 Å². The third-order valence-electron chi connectivity index (χ3n) is 4.84. The van der Waals surface area contributed by atoms with Crippen LogP contribution in [0, 0.1) is 5.92 Å². The summed E-state index contributed by atoms with van der Waals surface area (Å²) in [5, 5.41) is 0.161. The third kappa shape index (κ3) is 3.71. The highest BCUT2D eigenvalue weighted by Gasteiger charge is 2.33. The van der Waals surface area contributed by atoms with Crippen LogP contribution in [0.5, 0.6) is 0 Å². The summed E-state index contributed by atoms with van der Waals surface area (Å²) >= 11 is 1.79. The van der Waals surface area contributed by atoms with Crippen LogP contribution in [0.15, 0.2) is 30.3 Å². The Morgan fingerprint density at radius 1 is 1.13 bits per heavy atom. The largest absolute Gasteiger partial charge is 0.342 e. The van der Waals surface area contributed by atoms with E-state index in [1.165, 1.54) is 0 Å². The van der Waals surface area contributed by atoms with Crippen LogP contribution in [0.3, 0.4) is 0 Å². The lowest BCUT2D eigenvalue weighted by Gasteiger charge is -2.34. The van der Waals surface area contributed by atoms with Crippen LogP contribution in [0.1, 0.15) is 25.7 Å². The van der Waals surface area contributed by atoms with Crippen molar-refractivity contribution in [2.75, 3.05) is 30.8 Å². The Kier molecular flexibility index (Phi) is 5.26. The highest BCUT2D eigenvalue weighted by Crippen LogP contribution is 2.30. The van der Waals surface area contributed by atoms with Gasteiger partial charge in [-0.3, -0.25) is 9.59 Å². The van der Waals surface area contributed by atoms with Crippen molar-refractivity contribution in [1.82, 2.24) is 4.90 Å². The van der Waals surface area contributed by atoms with E-state index in [4.69, 9.17) is 0 Å². The predicted molar refractivity (Wildman–Crippen MR) is 94.6 cm³/mol. The SMILES string of the molecule is CN(C(=O)C1CCN(C(=O)[C@@H]2CCCS2)CC1)c1ccccc1. The molecule has 2 amide bonds. The first-order chi connectivity index (χ1) is 11.2. The molecule has 2 heterocycles. The van der Waals surface area contributed by atoms with E-state index in [1.54, 1.807) is 16.7 Å². The van der Waals surface area contributed by atoms with E-state index in [0.717, 1.165) is 50.2 Å². The van der Waals surface area contributed by atoms with Gasteiger partial charge in [0.15, 0.2) is 0 Å². The monoisotopic (exact) mass is 332 g/mol. The van der Waals surface area contributed by atoms with Crippen LogP contribution in [-0.2, 0) is 9.59 Å². The number of carbonyl (C=O) groups excluding carboxylic acids is 2. The Morgan fingerprint density at radius 2 is 1.83 bits per heavy atom. The Bertz CT molecular complexity index is 549. The molecule has 3 rings (SSSR count). The third-order valence-corrected chi connectivity index (χ3v) is 6.20. The normalized spacial score (nSPS) is 22.1. The minimum atomic E-state index is 0.0282. The molecule has 0 bridgehead atoms. The molecule has 0 spiro atoms. The van der Waals surface area contributed by atoms with Crippen molar-refractivity contribution >= 4 is 29.3 Å². The second-order valence-corrected chi connectivity index (χ2v) is 7.64. The molecule has 23 heavy (non-hydrogen) atoms. The highest BCUT2D eigenvalue weighted by atomic mass is 32.2. The molecule has 0 saturated carbocycles. The number of amides is 2. The average Bonchev–Trinajstić information content (AvgIpc) is 3.15. The Labute approximate surface area is 142 Å². The lowest BCUT2D eigenvalue weighted by atomic mass is 9.95. The van der Waals surface area contributed by atoms with Gasteiger partial charge in [0.2, 0.25) is 11.8 Å². The molecule has 0 N–H and O–H groups in total. The maximum Gasteiger partial charge on any atom is 0.235 e. The van der Waals surface area contributed by atoms with Crippen LogP contribution in [0.25, 0.3) is 0 Å². The number of hydrogen-bond donors (Lipinski definition) is 0. The Hall–Kier alpha value is -1.49. The number of anilines is 1. The van der Waals surface area contributed by atoms with Crippen molar-refractivity contribution in [2.24, 2.45) is 5.92 Å². The number of carbonyl (C=O) groups is 2.